The first kappa shape index (κ1) is 19.3. The van der Waals surface area contributed by atoms with Gasteiger partial charge in [-0.3, -0.25) is 14.5 Å². The number of rotatable bonds is 3. The van der Waals surface area contributed by atoms with Gasteiger partial charge in [0.2, 0.25) is 5.91 Å². The summed E-state index contributed by atoms with van der Waals surface area (Å²) in [6.45, 7) is 1.89. The number of piperidine rings is 1. The van der Waals surface area contributed by atoms with E-state index < -0.39 is 17.3 Å². The predicted molar refractivity (Wildman–Crippen MR) is 126 cm³/mol. The zero-order valence-electron chi connectivity index (χ0n) is 18.3. The number of nitrogens with zero attached hydrogens (tertiary/aromatic N) is 1. The average molecular weight is 439 g/mol. The minimum Gasteiger partial charge on any atom is -0.481 e. The molecule has 2 aliphatic carbocycles. The topological polar surface area (TPSA) is 69.6 Å². The minimum atomic E-state index is -0.884. The predicted octanol–water partition coefficient (Wildman–Crippen LogP) is 4.37. The normalized spacial score (nSPS) is 30.5. The Kier molecular flexibility index (Phi) is 3.90. The number of likely N-dealkylation sites (tertiary alicyclic amines) is 1. The standard InChI is InChI=1S/C28H26N2O3/c31-26(32)25-24(28(25)20-9-1-2-10-21(20)29-27(28)33)17-11-13-30(14-12-17)22-15-18-7-3-5-16-6-4-8-19(22)23(16)18/h1-10,17,22,24-25H,11-15H2,(H,29,33)(H,31,32). The summed E-state index contributed by atoms with van der Waals surface area (Å²) < 4.78 is 0. The zero-order valence-corrected chi connectivity index (χ0v) is 18.3. The van der Waals surface area contributed by atoms with Crippen molar-refractivity contribution in [3.8, 4) is 0 Å². The van der Waals surface area contributed by atoms with E-state index in [1.165, 1.54) is 21.9 Å². The SMILES string of the molecule is O=C(O)C1C(C2CCN(C3Cc4cccc5cccc3c45)CC2)C12C(=O)Nc1ccccc12. The Balaban J connectivity index is 1.14. The second-order valence-electron chi connectivity index (χ2n) is 10.2. The van der Waals surface area contributed by atoms with Gasteiger partial charge in [-0.05, 0) is 77.7 Å². The van der Waals surface area contributed by atoms with Crippen LogP contribution >= 0.6 is 0 Å². The second kappa shape index (κ2) is 6.67. The molecule has 2 heterocycles. The number of aliphatic carboxylic acids is 1. The van der Waals surface area contributed by atoms with Gasteiger partial charge in [0, 0.05) is 11.7 Å². The van der Waals surface area contributed by atoms with Crippen molar-refractivity contribution in [1.29, 1.82) is 0 Å². The Morgan fingerprint density at radius 2 is 1.76 bits per heavy atom. The monoisotopic (exact) mass is 438 g/mol. The first-order chi connectivity index (χ1) is 16.1. The lowest BCUT2D eigenvalue weighted by molar-refractivity contribution is -0.140. The van der Waals surface area contributed by atoms with Crippen LogP contribution in [0, 0.1) is 17.8 Å². The number of carboxylic acid groups (broad SMARTS) is 1. The van der Waals surface area contributed by atoms with Gasteiger partial charge in [-0.1, -0.05) is 54.6 Å². The third kappa shape index (κ3) is 2.46. The van der Waals surface area contributed by atoms with Crippen molar-refractivity contribution in [3.63, 3.8) is 0 Å². The van der Waals surface area contributed by atoms with Gasteiger partial charge in [-0.2, -0.15) is 0 Å². The maximum atomic E-state index is 13.1. The van der Waals surface area contributed by atoms with Crippen molar-refractivity contribution < 1.29 is 14.7 Å². The highest BCUT2D eigenvalue weighted by Gasteiger charge is 2.77. The van der Waals surface area contributed by atoms with E-state index >= 15 is 0 Å². The number of benzene rings is 3. The maximum absolute atomic E-state index is 13.1. The van der Waals surface area contributed by atoms with E-state index in [0.29, 0.717) is 6.04 Å². The Labute approximate surface area is 192 Å². The molecule has 0 radical (unpaired) electrons. The van der Waals surface area contributed by atoms with Crippen molar-refractivity contribution >= 4 is 28.3 Å². The first-order valence-corrected chi connectivity index (χ1v) is 12.0. The molecule has 1 spiro atoms. The summed E-state index contributed by atoms with van der Waals surface area (Å²) >= 11 is 0. The molecule has 3 aromatic carbocycles. The molecule has 0 bridgehead atoms. The van der Waals surface area contributed by atoms with Crippen LogP contribution in [-0.4, -0.2) is 35.0 Å². The van der Waals surface area contributed by atoms with Gasteiger partial charge >= 0.3 is 5.97 Å². The number of amides is 1. The number of carbonyl (C=O) groups excluding carboxylic acids is 1. The molecule has 4 unspecified atom stereocenters. The Morgan fingerprint density at radius 3 is 2.55 bits per heavy atom. The van der Waals surface area contributed by atoms with Crippen LogP contribution in [0.25, 0.3) is 10.8 Å². The fourth-order valence-electron chi connectivity index (χ4n) is 7.48. The molecule has 4 aliphatic rings. The molecule has 0 aromatic heterocycles. The summed E-state index contributed by atoms with van der Waals surface area (Å²) in [6.07, 6.45) is 2.92. The highest BCUT2D eigenvalue weighted by molar-refractivity contribution is 6.12. The molecule has 5 nitrogen and oxygen atoms in total. The number of para-hydroxylation sites is 1. The number of carboxylic acids is 1. The summed E-state index contributed by atoms with van der Waals surface area (Å²) in [4.78, 5) is 27.9. The molecule has 33 heavy (non-hydrogen) atoms. The van der Waals surface area contributed by atoms with Gasteiger partial charge < -0.3 is 10.4 Å². The van der Waals surface area contributed by atoms with E-state index in [2.05, 4.69) is 46.6 Å². The summed E-state index contributed by atoms with van der Waals surface area (Å²) in [5.74, 6) is -1.46. The van der Waals surface area contributed by atoms with Gasteiger partial charge in [0.25, 0.3) is 0 Å². The van der Waals surface area contributed by atoms with Gasteiger partial charge in [0.1, 0.15) is 0 Å². The van der Waals surface area contributed by atoms with Crippen LogP contribution in [-0.2, 0) is 21.4 Å². The van der Waals surface area contributed by atoms with Crippen LogP contribution in [0.15, 0.2) is 60.7 Å². The third-order valence-electron chi connectivity index (χ3n) is 8.85. The summed E-state index contributed by atoms with van der Waals surface area (Å²) in [5, 5.41) is 15.7. The largest absolute Gasteiger partial charge is 0.481 e. The highest BCUT2D eigenvalue weighted by Crippen LogP contribution is 2.68. The lowest BCUT2D eigenvalue weighted by Crippen LogP contribution is -2.38. The smallest absolute Gasteiger partial charge is 0.308 e. The number of carbonyl (C=O) groups is 2. The summed E-state index contributed by atoms with van der Waals surface area (Å²) in [6, 6.07) is 21.2. The van der Waals surface area contributed by atoms with Crippen LogP contribution in [0.3, 0.4) is 0 Å². The van der Waals surface area contributed by atoms with E-state index in [9.17, 15) is 14.7 Å². The van der Waals surface area contributed by atoms with Crippen molar-refractivity contribution in [1.82, 2.24) is 4.90 Å². The van der Waals surface area contributed by atoms with Crippen molar-refractivity contribution in [2.75, 3.05) is 18.4 Å². The maximum Gasteiger partial charge on any atom is 0.308 e. The molecule has 2 fully saturated rings. The van der Waals surface area contributed by atoms with Gasteiger partial charge in [-0.15, -0.1) is 0 Å². The van der Waals surface area contributed by atoms with Crippen molar-refractivity contribution in [2.45, 2.75) is 30.7 Å². The number of nitrogens with one attached hydrogen (secondary N) is 1. The minimum absolute atomic E-state index is 0.120. The van der Waals surface area contributed by atoms with E-state index in [4.69, 9.17) is 0 Å². The lowest BCUT2D eigenvalue weighted by Gasteiger charge is -2.37. The molecule has 1 saturated heterocycles. The number of anilines is 1. The Bertz CT molecular complexity index is 1320. The number of hydrogen-bond donors (Lipinski definition) is 2. The van der Waals surface area contributed by atoms with Gasteiger partial charge in [0.15, 0.2) is 0 Å². The van der Waals surface area contributed by atoms with E-state index in [-0.39, 0.29) is 17.7 Å². The van der Waals surface area contributed by atoms with Gasteiger partial charge in [-0.25, -0.2) is 0 Å². The molecule has 7 rings (SSSR count). The highest BCUT2D eigenvalue weighted by atomic mass is 16.4. The molecule has 5 heteroatoms. The van der Waals surface area contributed by atoms with Crippen LogP contribution in [0.2, 0.25) is 0 Å². The molecule has 166 valence electrons. The van der Waals surface area contributed by atoms with Gasteiger partial charge in [0.05, 0.1) is 11.3 Å². The Morgan fingerprint density at radius 1 is 1.00 bits per heavy atom. The van der Waals surface area contributed by atoms with E-state index in [0.717, 1.165) is 43.6 Å². The van der Waals surface area contributed by atoms with Crippen LogP contribution in [0.4, 0.5) is 5.69 Å². The molecule has 4 atom stereocenters. The van der Waals surface area contributed by atoms with Crippen LogP contribution in [0.5, 0.6) is 0 Å². The molecule has 2 N–H and O–H groups in total. The van der Waals surface area contributed by atoms with Crippen molar-refractivity contribution in [2.24, 2.45) is 17.8 Å². The Hall–Kier alpha value is -3.18. The molecule has 3 aromatic rings. The number of hydrogen-bond acceptors (Lipinski definition) is 3. The lowest BCUT2D eigenvalue weighted by atomic mass is 9.84. The molecular formula is C28H26N2O3. The summed E-state index contributed by atoms with van der Waals surface area (Å²) in [7, 11) is 0. The zero-order chi connectivity index (χ0) is 22.3. The first-order valence-electron chi connectivity index (χ1n) is 12.0. The molecular weight excluding hydrogens is 412 g/mol. The molecule has 1 amide bonds. The summed E-state index contributed by atoms with van der Waals surface area (Å²) in [5.41, 5.74) is 3.64. The fraction of sp³-hybridized carbons (Fsp3) is 0.357. The van der Waals surface area contributed by atoms with Crippen LogP contribution in [0.1, 0.15) is 35.6 Å². The third-order valence-corrected chi connectivity index (χ3v) is 8.85. The average Bonchev–Trinajstić information content (AvgIpc) is 3.29. The van der Waals surface area contributed by atoms with E-state index in [1.807, 2.05) is 24.3 Å². The number of fused-ring (bicyclic) bond motifs is 2. The molecule has 2 aliphatic heterocycles. The fourth-order valence-corrected chi connectivity index (χ4v) is 7.48. The van der Waals surface area contributed by atoms with Crippen LogP contribution < -0.4 is 5.32 Å². The second-order valence-corrected chi connectivity index (χ2v) is 10.2. The van der Waals surface area contributed by atoms with E-state index in [1.54, 1.807) is 0 Å². The quantitative estimate of drug-likeness (QED) is 0.637. The molecule has 1 saturated carbocycles. The van der Waals surface area contributed by atoms with Crippen molar-refractivity contribution in [3.05, 3.63) is 77.4 Å².